The van der Waals surface area contributed by atoms with E-state index in [1.807, 2.05) is 0 Å². The Morgan fingerprint density at radius 3 is 2.56 bits per heavy atom. The van der Waals surface area contributed by atoms with Crippen molar-refractivity contribution in [2.45, 2.75) is 77.2 Å². The van der Waals surface area contributed by atoms with Gasteiger partial charge in [-0.15, -0.1) is 0 Å². The summed E-state index contributed by atoms with van der Waals surface area (Å²) in [5.74, 6) is 2.15. The molecule has 0 saturated heterocycles. The second-order valence-electron chi connectivity index (χ2n) is 10.3. The van der Waals surface area contributed by atoms with E-state index >= 15 is 0 Å². The quantitative estimate of drug-likeness (QED) is 0.738. The number of Topliss-reactive ketones (excluding diaryl/α,β-unsaturated/α-hetero) is 2. The van der Waals surface area contributed by atoms with Gasteiger partial charge < -0.3 is 9.47 Å². The van der Waals surface area contributed by atoms with Crippen LogP contribution >= 0.6 is 0 Å². The molecule has 0 aromatic carbocycles. The van der Waals surface area contributed by atoms with Crippen molar-refractivity contribution in [2.75, 3.05) is 20.8 Å². The number of fused-ring (bicyclic) bond motifs is 5. The summed E-state index contributed by atoms with van der Waals surface area (Å²) in [5, 5.41) is 0. The topological polar surface area (TPSA) is 52.6 Å². The maximum atomic E-state index is 13.6. The smallest absolute Gasteiger partial charge is 0.190 e. The summed E-state index contributed by atoms with van der Waals surface area (Å²) in [7, 11) is 3.21. The third-order valence-electron chi connectivity index (χ3n) is 9.47. The molecule has 4 rings (SSSR count). The molecule has 4 nitrogen and oxygen atoms in total. The van der Waals surface area contributed by atoms with Crippen molar-refractivity contribution in [1.82, 2.24) is 0 Å². The van der Waals surface area contributed by atoms with Crippen molar-refractivity contribution >= 4 is 11.6 Å². The number of carbonyl (C=O) groups is 2. The molecule has 4 aliphatic carbocycles. The molecular weight excluding hydrogens is 340 g/mol. The van der Waals surface area contributed by atoms with Gasteiger partial charge in [-0.2, -0.15) is 0 Å². The number of ether oxygens (including phenoxy) is 2. The van der Waals surface area contributed by atoms with Crippen LogP contribution in [0, 0.1) is 34.5 Å². The first-order valence-electron chi connectivity index (χ1n) is 10.9. The first-order valence-corrected chi connectivity index (χ1v) is 10.9. The molecule has 0 bridgehead atoms. The standard InChI is InChI=1S/C23H36O4/c1-21-11-6-5-7-15(21)8-9-16-17-10-12-23(27-4,19(25)14-26-3)22(17,2)13-18(24)20(16)21/h15-17,20H,5-14H2,1-4H3/t15-,16-,17?,20?,21-,22-,23-/m0/s1. The molecule has 27 heavy (non-hydrogen) atoms. The van der Waals surface area contributed by atoms with Crippen molar-refractivity contribution in [2.24, 2.45) is 34.5 Å². The zero-order chi connectivity index (χ0) is 19.4. The van der Waals surface area contributed by atoms with Crippen LogP contribution in [-0.2, 0) is 19.1 Å². The minimum Gasteiger partial charge on any atom is -0.377 e. The Kier molecular flexibility index (Phi) is 4.82. The van der Waals surface area contributed by atoms with Crippen molar-refractivity contribution < 1.29 is 19.1 Å². The lowest BCUT2D eigenvalue weighted by atomic mass is 9.44. The zero-order valence-electron chi connectivity index (χ0n) is 17.5. The van der Waals surface area contributed by atoms with E-state index in [2.05, 4.69) is 13.8 Å². The zero-order valence-corrected chi connectivity index (χ0v) is 17.5. The highest BCUT2D eigenvalue weighted by atomic mass is 16.5. The maximum absolute atomic E-state index is 13.6. The van der Waals surface area contributed by atoms with Gasteiger partial charge in [0.05, 0.1) is 0 Å². The van der Waals surface area contributed by atoms with Crippen LogP contribution in [0.2, 0.25) is 0 Å². The van der Waals surface area contributed by atoms with E-state index in [0.29, 0.717) is 30.0 Å². The van der Waals surface area contributed by atoms with Crippen molar-refractivity contribution in [3.05, 3.63) is 0 Å². The number of carbonyl (C=O) groups excluding carboxylic acids is 2. The highest BCUT2D eigenvalue weighted by Crippen LogP contribution is 2.68. The molecule has 0 radical (unpaired) electrons. The minimum absolute atomic E-state index is 0.0151. The summed E-state index contributed by atoms with van der Waals surface area (Å²) in [6, 6.07) is 0. The molecule has 2 unspecified atom stereocenters. The van der Waals surface area contributed by atoms with Crippen LogP contribution in [0.15, 0.2) is 0 Å². The third-order valence-corrected chi connectivity index (χ3v) is 9.47. The van der Waals surface area contributed by atoms with Gasteiger partial charge in [-0.3, -0.25) is 9.59 Å². The Morgan fingerprint density at radius 1 is 1.07 bits per heavy atom. The Morgan fingerprint density at radius 2 is 1.85 bits per heavy atom. The van der Waals surface area contributed by atoms with E-state index in [0.717, 1.165) is 19.3 Å². The van der Waals surface area contributed by atoms with Crippen molar-refractivity contribution in [1.29, 1.82) is 0 Å². The van der Waals surface area contributed by atoms with Gasteiger partial charge in [-0.05, 0) is 61.7 Å². The number of hydrogen-bond acceptors (Lipinski definition) is 4. The van der Waals surface area contributed by atoms with E-state index in [4.69, 9.17) is 9.47 Å². The Hall–Kier alpha value is -0.740. The number of ketones is 2. The average molecular weight is 377 g/mol. The molecule has 4 fully saturated rings. The second kappa shape index (κ2) is 6.66. The van der Waals surface area contributed by atoms with Crippen LogP contribution in [0.1, 0.15) is 71.6 Å². The number of hydrogen-bond donors (Lipinski definition) is 0. The monoisotopic (exact) mass is 376 g/mol. The summed E-state index contributed by atoms with van der Waals surface area (Å²) in [5.41, 5.74) is -1.08. The highest BCUT2D eigenvalue weighted by molar-refractivity contribution is 5.92. The van der Waals surface area contributed by atoms with Crippen LogP contribution in [0.3, 0.4) is 0 Å². The first-order chi connectivity index (χ1) is 12.8. The Balaban J connectivity index is 1.71. The molecule has 0 aromatic rings. The van der Waals surface area contributed by atoms with Gasteiger partial charge in [0.15, 0.2) is 5.78 Å². The van der Waals surface area contributed by atoms with Gasteiger partial charge in [0, 0.05) is 32.0 Å². The molecule has 0 spiro atoms. The van der Waals surface area contributed by atoms with E-state index in [1.54, 1.807) is 14.2 Å². The normalized spacial score (nSPS) is 49.3. The fourth-order valence-electron chi connectivity index (χ4n) is 8.25. The van der Waals surface area contributed by atoms with Gasteiger partial charge in [0.25, 0.3) is 0 Å². The number of rotatable bonds is 4. The molecule has 0 amide bonds. The van der Waals surface area contributed by atoms with Gasteiger partial charge in [0.2, 0.25) is 0 Å². The SMILES string of the molecule is COCC(=O)[C@@]1(OC)CCC2[C@@H]3CC[C@@H]4CCCC[C@]4(C)C3C(=O)C[C@@]21C. The van der Waals surface area contributed by atoms with E-state index < -0.39 is 11.0 Å². The molecule has 7 atom stereocenters. The average Bonchev–Trinajstić information content (AvgIpc) is 2.93. The Bertz CT molecular complexity index is 630. The lowest BCUT2D eigenvalue weighted by Gasteiger charge is -2.60. The summed E-state index contributed by atoms with van der Waals surface area (Å²) in [6.45, 7) is 4.63. The maximum Gasteiger partial charge on any atom is 0.190 e. The predicted octanol–water partition coefficient (Wildman–Crippen LogP) is 4.20. The molecule has 152 valence electrons. The van der Waals surface area contributed by atoms with Crippen LogP contribution in [0.25, 0.3) is 0 Å². The third kappa shape index (κ3) is 2.48. The van der Waals surface area contributed by atoms with Gasteiger partial charge >= 0.3 is 0 Å². The summed E-state index contributed by atoms with van der Waals surface area (Å²) >= 11 is 0. The lowest BCUT2D eigenvalue weighted by molar-refractivity contribution is -0.183. The molecule has 0 heterocycles. The van der Waals surface area contributed by atoms with E-state index in [-0.39, 0.29) is 23.7 Å². The van der Waals surface area contributed by atoms with Crippen molar-refractivity contribution in [3.63, 3.8) is 0 Å². The largest absolute Gasteiger partial charge is 0.377 e. The molecule has 0 aliphatic heterocycles. The fourth-order valence-corrected chi connectivity index (χ4v) is 8.25. The highest BCUT2D eigenvalue weighted by Gasteiger charge is 2.69. The second-order valence-corrected chi connectivity index (χ2v) is 10.3. The minimum atomic E-state index is -0.862. The number of methoxy groups -OCH3 is 2. The van der Waals surface area contributed by atoms with Crippen molar-refractivity contribution in [3.8, 4) is 0 Å². The van der Waals surface area contributed by atoms with Crippen LogP contribution in [-0.4, -0.2) is 38.0 Å². The summed E-state index contributed by atoms with van der Waals surface area (Å²) in [6.07, 6.45) is 9.70. The van der Waals surface area contributed by atoms with Gasteiger partial charge in [-0.25, -0.2) is 0 Å². The molecule has 4 saturated carbocycles. The van der Waals surface area contributed by atoms with E-state index in [1.165, 1.54) is 32.1 Å². The van der Waals surface area contributed by atoms with Gasteiger partial charge in [-0.1, -0.05) is 26.7 Å². The summed E-state index contributed by atoms with van der Waals surface area (Å²) < 4.78 is 11.1. The van der Waals surface area contributed by atoms with E-state index in [9.17, 15) is 9.59 Å². The summed E-state index contributed by atoms with van der Waals surface area (Å²) in [4.78, 5) is 26.7. The lowest BCUT2D eigenvalue weighted by Crippen LogP contribution is -2.62. The fraction of sp³-hybridized carbons (Fsp3) is 0.913. The predicted molar refractivity (Wildman–Crippen MR) is 103 cm³/mol. The molecule has 0 aromatic heterocycles. The first kappa shape index (κ1) is 19.6. The van der Waals surface area contributed by atoms with Crippen LogP contribution in [0.5, 0.6) is 0 Å². The molecule has 4 heteroatoms. The Labute approximate surface area is 163 Å². The van der Waals surface area contributed by atoms with Crippen LogP contribution in [0.4, 0.5) is 0 Å². The molecule has 4 aliphatic rings. The molecular formula is C23H36O4. The van der Waals surface area contributed by atoms with Gasteiger partial charge in [0.1, 0.15) is 18.0 Å². The van der Waals surface area contributed by atoms with Crippen LogP contribution < -0.4 is 0 Å². The molecule has 0 N–H and O–H groups in total.